The van der Waals surface area contributed by atoms with Crippen molar-refractivity contribution in [1.29, 1.82) is 0 Å². The number of alkyl halides is 3. The Morgan fingerprint density at radius 2 is 1.89 bits per heavy atom. The highest BCUT2D eigenvalue weighted by Gasteiger charge is 2.32. The van der Waals surface area contributed by atoms with Crippen LogP contribution in [0.5, 0.6) is 0 Å². The van der Waals surface area contributed by atoms with Crippen molar-refractivity contribution in [3.8, 4) is 0 Å². The fourth-order valence-electron chi connectivity index (χ4n) is 2.01. The molecule has 0 aliphatic rings. The summed E-state index contributed by atoms with van der Waals surface area (Å²) >= 11 is 11.5. The van der Waals surface area contributed by atoms with Gasteiger partial charge in [0.15, 0.2) is 5.69 Å². The summed E-state index contributed by atoms with van der Waals surface area (Å²) in [6, 6.07) is 2.87. The number of pyridine rings is 1. The highest BCUT2D eigenvalue weighted by Crippen LogP contribution is 2.34. The predicted molar refractivity (Wildman–Crippen MR) is 95.6 cm³/mol. The third-order valence-electron chi connectivity index (χ3n) is 3.41. The van der Waals surface area contributed by atoms with Crippen LogP contribution in [-0.4, -0.2) is 38.5 Å². The lowest BCUT2D eigenvalue weighted by molar-refractivity contribution is -0.137. The van der Waals surface area contributed by atoms with Crippen molar-refractivity contribution in [2.24, 2.45) is 0 Å². The highest BCUT2D eigenvalue weighted by atomic mass is 35.5. The number of amides is 1. The minimum absolute atomic E-state index is 0.00726. The van der Waals surface area contributed by atoms with E-state index in [1.807, 2.05) is 0 Å². The molecular formula is C15H12Cl2F3N3O4S. The Morgan fingerprint density at radius 3 is 2.43 bits per heavy atom. The fraction of sp³-hybridized carbons (Fsp3) is 0.200. The molecule has 0 radical (unpaired) electrons. The van der Waals surface area contributed by atoms with Crippen LogP contribution in [0, 0.1) is 0 Å². The monoisotopic (exact) mass is 457 g/mol. The van der Waals surface area contributed by atoms with Gasteiger partial charge in [-0.05, 0) is 24.3 Å². The summed E-state index contributed by atoms with van der Waals surface area (Å²) in [6.45, 7) is 0. The van der Waals surface area contributed by atoms with Crippen molar-refractivity contribution in [3.05, 3.63) is 51.8 Å². The number of hydrogen-bond acceptors (Lipinski definition) is 5. The van der Waals surface area contributed by atoms with Crippen molar-refractivity contribution < 1.29 is 31.2 Å². The fourth-order valence-corrected chi connectivity index (χ4v) is 3.78. The van der Waals surface area contributed by atoms with E-state index >= 15 is 0 Å². The average Bonchev–Trinajstić information content (AvgIpc) is 2.59. The zero-order valence-corrected chi connectivity index (χ0v) is 16.5. The van der Waals surface area contributed by atoms with Gasteiger partial charge in [0, 0.05) is 13.2 Å². The molecule has 0 aliphatic carbocycles. The number of rotatable bonds is 5. The van der Waals surface area contributed by atoms with Crippen LogP contribution < -0.4 is 4.72 Å². The minimum atomic E-state index is -4.69. The molecule has 0 bridgehead atoms. The van der Waals surface area contributed by atoms with Crippen LogP contribution in [0.15, 0.2) is 35.4 Å². The van der Waals surface area contributed by atoms with Crippen LogP contribution in [-0.2, 0) is 21.0 Å². The molecule has 0 unspecified atom stereocenters. The predicted octanol–water partition coefficient (Wildman–Crippen LogP) is 3.84. The molecule has 0 atom stereocenters. The molecule has 28 heavy (non-hydrogen) atoms. The minimum Gasteiger partial charge on any atom is -0.277 e. The smallest absolute Gasteiger partial charge is 0.277 e. The summed E-state index contributed by atoms with van der Waals surface area (Å²) in [5.74, 6) is -0.796. The van der Waals surface area contributed by atoms with E-state index in [2.05, 4.69) is 9.71 Å². The number of nitrogens with one attached hydrogen (secondary N) is 1. The second-order valence-electron chi connectivity index (χ2n) is 5.28. The summed E-state index contributed by atoms with van der Waals surface area (Å²) in [6.07, 6.45) is -3.58. The Morgan fingerprint density at radius 1 is 1.25 bits per heavy atom. The van der Waals surface area contributed by atoms with Gasteiger partial charge < -0.3 is 0 Å². The first-order valence-corrected chi connectivity index (χ1v) is 9.48. The molecule has 1 heterocycles. The number of carbonyl (C=O) groups is 1. The van der Waals surface area contributed by atoms with Gasteiger partial charge in [-0.15, -0.1) is 0 Å². The number of sulfonamides is 1. The van der Waals surface area contributed by atoms with Gasteiger partial charge in [0.1, 0.15) is 4.90 Å². The number of halogens is 5. The van der Waals surface area contributed by atoms with Crippen LogP contribution in [0.1, 0.15) is 16.1 Å². The maximum absolute atomic E-state index is 12.7. The van der Waals surface area contributed by atoms with E-state index in [0.29, 0.717) is 18.2 Å². The van der Waals surface area contributed by atoms with E-state index in [0.717, 1.165) is 17.3 Å². The lowest BCUT2D eigenvalue weighted by atomic mass is 10.2. The van der Waals surface area contributed by atoms with Gasteiger partial charge in [-0.1, -0.05) is 23.2 Å². The molecule has 0 saturated carbocycles. The SMILES string of the molecule is CON(C)C(=O)c1ncc(Cl)cc1NS(=O)(=O)c1ccc(C(F)(F)F)cc1Cl. The molecule has 1 amide bonds. The lowest BCUT2D eigenvalue weighted by Gasteiger charge is -2.17. The highest BCUT2D eigenvalue weighted by molar-refractivity contribution is 7.92. The molecule has 2 rings (SSSR count). The van der Waals surface area contributed by atoms with Gasteiger partial charge in [0.05, 0.1) is 28.4 Å². The summed E-state index contributed by atoms with van der Waals surface area (Å²) in [5, 5.41) is 0.145. The average molecular weight is 458 g/mol. The molecule has 13 heteroatoms. The zero-order valence-electron chi connectivity index (χ0n) is 14.2. The van der Waals surface area contributed by atoms with Crippen LogP contribution in [0.25, 0.3) is 0 Å². The van der Waals surface area contributed by atoms with Gasteiger partial charge in [0.25, 0.3) is 15.9 Å². The van der Waals surface area contributed by atoms with Gasteiger partial charge in [0.2, 0.25) is 0 Å². The quantitative estimate of drug-likeness (QED) is 0.688. The van der Waals surface area contributed by atoms with Gasteiger partial charge in [-0.2, -0.15) is 13.2 Å². The molecule has 2 aromatic rings. The number of benzene rings is 1. The second-order valence-corrected chi connectivity index (χ2v) is 7.78. The molecule has 1 aromatic carbocycles. The topological polar surface area (TPSA) is 88.6 Å². The second kappa shape index (κ2) is 8.11. The molecule has 7 nitrogen and oxygen atoms in total. The molecule has 152 valence electrons. The Hall–Kier alpha value is -2.08. The largest absolute Gasteiger partial charge is 0.416 e. The molecule has 1 aromatic heterocycles. The number of hydrogen-bond donors (Lipinski definition) is 1. The van der Waals surface area contributed by atoms with E-state index < -0.39 is 37.6 Å². The molecule has 0 fully saturated rings. The number of anilines is 1. The van der Waals surface area contributed by atoms with Crippen molar-refractivity contribution in [1.82, 2.24) is 10.0 Å². The molecular weight excluding hydrogens is 446 g/mol. The zero-order chi connectivity index (χ0) is 21.3. The van der Waals surface area contributed by atoms with E-state index in [-0.39, 0.29) is 16.4 Å². The summed E-state index contributed by atoms with van der Waals surface area (Å²) in [4.78, 5) is 20.2. The van der Waals surface area contributed by atoms with E-state index in [9.17, 15) is 26.4 Å². The first-order chi connectivity index (χ1) is 12.9. The Labute approximate surface area is 168 Å². The van der Waals surface area contributed by atoms with Gasteiger partial charge >= 0.3 is 6.18 Å². The number of aromatic nitrogens is 1. The standard InChI is InChI=1S/C15H12Cl2F3N3O4S/c1-23(27-2)14(24)13-11(6-9(16)7-21-13)22-28(25,26)12-4-3-8(5-10(12)17)15(18,19)20/h3-7,22H,1-2H3. The summed E-state index contributed by atoms with van der Waals surface area (Å²) in [5.41, 5.74) is -1.77. The Bertz CT molecular complexity index is 1020. The lowest BCUT2D eigenvalue weighted by Crippen LogP contribution is -2.28. The van der Waals surface area contributed by atoms with Crippen LogP contribution in [0.4, 0.5) is 18.9 Å². The van der Waals surface area contributed by atoms with Gasteiger partial charge in [-0.25, -0.2) is 18.5 Å². The first-order valence-electron chi connectivity index (χ1n) is 7.24. The molecule has 1 N–H and O–H groups in total. The first kappa shape index (κ1) is 22.2. The summed E-state index contributed by atoms with van der Waals surface area (Å²) < 4.78 is 65.5. The van der Waals surface area contributed by atoms with Crippen LogP contribution in [0.2, 0.25) is 10.0 Å². The van der Waals surface area contributed by atoms with Crippen molar-refractivity contribution in [2.45, 2.75) is 11.1 Å². The summed E-state index contributed by atoms with van der Waals surface area (Å²) in [7, 11) is -2.00. The molecule has 0 spiro atoms. The third kappa shape index (κ3) is 4.85. The maximum atomic E-state index is 12.7. The number of carbonyl (C=O) groups excluding carboxylic acids is 1. The maximum Gasteiger partial charge on any atom is 0.416 e. The number of nitrogens with zero attached hydrogens (tertiary/aromatic N) is 2. The normalized spacial score (nSPS) is 12.0. The van der Waals surface area contributed by atoms with Crippen molar-refractivity contribution >= 4 is 44.8 Å². The van der Waals surface area contributed by atoms with Gasteiger partial charge in [-0.3, -0.25) is 14.4 Å². The molecule has 0 saturated heterocycles. The van der Waals surface area contributed by atoms with Crippen LogP contribution in [0.3, 0.4) is 0 Å². The Kier molecular flexibility index (Phi) is 6.44. The Balaban J connectivity index is 2.48. The number of hydroxylamine groups is 2. The van der Waals surface area contributed by atoms with Crippen LogP contribution >= 0.6 is 23.2 Å². The van der Waals surface area contributed by atoms with Crippen molar-refractivity contribution in [2.75, 3.05) is 18.9 Å². The van der Waals surface area contributed by atoms with E-state index in [1.165, 1.54) is 14.2 Å². The van der Waals surface area contributed by atoms with E-state index in [4.69, 9.17) is 28.0 Å². The molecule has 0 aliphatic heterocycles. The van der Waals surface area contributed by atoms with Crippen molar-refractivity contribution in [3.63, 3.8) is 0 Å². The third-order valence-corrected chi connectivity index (χ3v) is 5.46. The van der Waals surface area contributed by atoms with E-state index in [1.54, 1.807) is 0 Å².